The number of hydrogen-bond donors (Lipinski definition) is 0. The Morgan fingerprint density at radius 2 is 2.08 bits per heavy atom. The number of allylic oxidation sites excluding steroid dienone is 2. The fourth-order valence-corrected chi connectivity index (χ4v) is 3.75. The third-order valence-electron chi connectivity index (χ3n) is 4.98. The van der Waals surface area contributed by atoms with Crippen LogP contribution in [0.4, 0.5) is 4.39 Å². The van der Waals surface area contributed by atoms with E-state index in [9.17, 15) is 4.39 Å². The highest BCUT2D eigenvalue weighted by atomic mass is 35.5. The van der Waals surface area contributed by atoms with Gasteiger partial charge in [-0.1, -0.05) is 75.8 Å². The minimum absolute atomic E-state index is 0.172. The van der Waals surface area contributed by atoms with Gasteiger partial charge in [0.05, 0.1) is 5.02 Å². The van der Waals surface area contributed by atoms with Crippen molar-refractivity contribution < 1.29 is 9.13 Å². The van der Waals surface area contributed by atoms with E-state index in [1.54, 1.807) is 12.1 Å². The molecule has 0 spiro atoms. The van der Waals surface area contributed by atoms with E-state index >= 15 is 0 Å². The molecule has 0 heterocycles. The number of ether oxygens (including phenoxy) is 1. The average Bonchev–Trinajstić information content (AvgIpc) is 2.63. The van der Waals surface area contributed by atoms with Crippen LogP contribution in [-0.4, -0.2) is 6.61 Å². The molecule has 3 heteroatoms. The number of hydrogen-bond acceptors (Lipinski definition) is 1. The van der Waals surface area contributed by atoms with Crippen LogP contribution in [0.3, 0.4) is 0 Å². The summed E-state index contributed by atoms with van der Waals surface area (Å²) in [5, 5.41) is 0.172. The van der Waals surface area contributed by atoms with Crippen molar-refractivity contribution in [1.82, 2.24) is 0 Å². The van der Waals surface area contributed by atoms with Crippen LogP contribution in [0.25, 0.3) is 5.57 Å². The van der Waals surface area contributed by atoms with E-state index in [4.69, 9.17) is 16.3 Å². The van der Waals surface area contributed by atoms with Crippen molar-refractivity contribution in [2.45, 2.75) is 64.7 Å². The molecular weight excluding hydrogens is 335 g/mol. The second kappa shape index (κ2) is 10.7. The van der Waals surface area contributed by atoms with Gasteiger partial charge in [-0.05, 0) is 48.4 Å². The molecule has 0 amide bonds. The van der Waals surface area contributed by atoms with Crippen molar-refractivity contribution in [2.75, 3.05) is 6.61 Å². The lowest BCUT2D eigenvalue weighted by Gasteiger charge is -2.23. The van der Waals surface area contributed by atoms with Crippen molar-refractivity contribution in [3.63, 3.8) is 0 Å². The highest BCUT2D eigenvalue weighted by Gasteiger charge is 2.19. The molecule has 0 radical (unpaired) electrons. The van der Waals surface area contributed by atoms with E-state index < -0.39 is 5.82 Å². The first-order valence-electron chi connectivity index (χ1n) is 9.58. The summed E-state index contributed by atoms with van der Waals surface area (Å²) in [6.07, 6.45) is 15.1. The van der Waals surface area contributed by atoms with Gasteiger partial charge in [-0.15, -0.1) is 0 Å². The normalized spacial score (nSPS) is 17.2. The highest BCUT2D eigenvalue weighted by molar-refractivity contribution is 6.32. The Morgan fingerprint density at radius 3 is 2.76 bits per heavy atom. The van der Waals surface area contributed by atoms with Gasteiger partial charge in [0.15, 0.2) is 11.6 Å². The first kappa shape index (κ1) is 20.0. The number of halogens is 2. The Balaban J connectivity index is 1.92. The summed E-state index contributed by atoms with van der Waals surface area (Å²) >= 11 is 6.26. The SMILES string of the molecule is C=CCOc1ccc(C2=CCC(CCCCCCC)CC2)c(Cl)c1F. The van der Waals surface area contributed by atoms with Gasteiger partial charge in [0.1, 0.15) is 6.61 Å². The second-order valence-electron chi connectivity index (χ2n) is 6.91. The van der Waals surface area contributed by atoms with Crippen LogP contribution in [0.2, 0.25) is 5.02 Å². The van der Waals surface area contributed by atoms with Crippen LogP contribution in [-0.2, 0) is 0 Å². The molecule has 0 aromatic heterocycles. The Labute approximate surface area is 156 Å². The van der Waals surface area contributed by atoms with Gasteiger partial charge in [-0.25, -0.2) is 4.39 Å². The van der Waals surface area contributed by atoms with E-state index in [1.807, 2.05) is 6.07 Å². The zero-order chi connectivity index (χ0) is 18.1. The van der Waals surface area contributed by atoms with Crippen molar-refractivity contribution in [3.05, 3.63) is 47.3 Å². The molecule has 0 bridgehead atoms. The summed E-state index contributed by atoms with van der Waals surface area (Å²) in [7, 11) is 0. The fraction of sp³-hybridized carbons (Fsp3) is 0.545. The van der Waals surface area contributed by atoms with Gasteiger partial charge in [0.2, 0.25) is 0 Å². The maximum absolute atomic E-state index is 14.4. The minimum Gasteiger partial charge on any atom is -0.486 e. The van der Waals surface area contributed by atoms with Gasteiger partial charge in [-0.2, -0.15) is 0 Å². The smallest absolute Gasteiger partial charge is 0.184 e. The van der Waals surface area contributed by atoms with Gasteiger partial charge in [0.25, 0.3) is 0 Å². The minimum atomic E-state index is -0.472. The molecule has 2 rings (SSSR count). The Morgan fingerprint density at radius 1 is 1.28 bits per heavy atom. The number of unbranched alkanes of at least 4 members (excludes halogenated alkanes) is 4. The zero-order valence-corrected chi connectivity index (χ0v) is 16.1. The lowest BCUT2D eigenvalue weighted by molar-refractivity contribution is 0.342. The van der Waals surface area contributed by atoms with Gasteiger partial charge >= 0.3 is 0 Å². The number of benzene rings is 1. The third-order valence-corrected chi connectivity index (χ3v) is 5.35. The van der Waals surface area contributed by atoms with Crippen molar-refractivity contribution in [3.8, 4) is 5.75 Å². The van der Waals surface area contributed by atoms with Crippen LogP contribution < -0.4 is 4.74 Å². The lowest BCUT2D eigenvalue weighted by Crippen LogP contribution is -2.06. The molecule has 0 aliphatic heterocycles. The first-order chi connectivity index (χ1) is 12.2. The van der Waals surface area contributed by atoms with Crippen LogP contribution in [0.5, 0.6) is 5.75 Å². The molecular formula is C22H30ClFO. The summed E-state index contributed by atoms with van der Waals surface area (Å²) in [5.74, 6) is 0.485. The van der Waals surface area contributed by atoms with Gasteiger partial charge < -0.3 is 4.74 Å². The quantitative estimate of drug-likeness (QED) is 0.307. The van der Waals surface area contributed by atoms with Gasteiger partial charge in [-0.3, -0.25) is 0 Å². The molecule has 0 saturated heterocycles. The van der Waals surface area contributed by atoms with Crippen LogP contribution in [0, 0.1) is 11.7 Å². The highest BCUT2D eigenvalue weighted by Crippen LogP contribution is 2.38. The summed E-state index contributed by atoms with van der Waals surface area (Å²) in [6, 6.07) is 3.54. The maximum atomic E-state index is 14.4. The predicted octanol–water partition coefficient (Wildman–Crippen LogP) is 7.59. The molecule has 138 valence electrons. The molecule has 0 fully saturated rings. The van der Waals surface area contributed by atoms with E-state index in [0.717, 1.165) is 24.3 Å². The molecule has 0 saturated carbocycles. The molecule has 1 aliphatic rings. The third kappa shape index (κ3) is 5.88. The first-order valence-corrected chi connectivity index (χ1v) is 9.96. The molecule has 0 N–H and O–H groups in total. The van der Waals surface area contributed by atoms with E-state index in [-0.39, 0.29) is 17.4 Å². The lowest BCUT2D eigenvalue weighted by atomic mass is 9.84. The largest absolute Gasteiger partial charge is 0.486 e. The standard InChI is InChI=1S/C22H30ClFO/c1-3-5-6-7-8-9-17-10-12-18(13-11-17)19-14-15-20(25-16-4-2)22(24)21(19)23/h4,12,14-15,17H,2-3,5-11,13,16H2,1H3. The monoisotopic (exact) mass is 364 g/mol. The molecule has 1 atom stereocenters. The molecule has 1 aromatic carbocycles. The fourth-order valence-electron chi connectivity index (χ4n) is 3.47. The van der Waals surface area contributed by atoms with Crippen molar-refractivity contribution in [1.29, 1.82) is 0 Å². The van der Waals surface area contributed by atoms with Crippen LogP contribution in [0.1, 0.15) is 70.3 Å². The maximum Gasteiger partial charge on any atom is 0.184 e. The van der Waals surface area contributed by atoms with Crippen LogP contribution in [0.15, 0.2) is 30.9 Å². The molecule has 1 aliphatic carbocycles. The summed E-state index contributed by atoms with van der Waals surface area (Å²) in [4.78, 5) is 0. The van der Waals surface area contributed by atoms with Crippen molar-refractivity contribution in [2.24, 2.45) is 5.92 Å². The number of rotatable bonds is 10. The zero-order valence-electron chi connectivity index (χ0n) is 15.3. The van der Waals surface area contributed by atoms with Crippen molar-refractivity contribution >= 4 is 17.2 Å². The van der Waals surface area contributed by atoms with Gasteiger partial charge in [0, 0.05) is 0 Å². The molecule has 1 nitrogen and oxygen atoms in total. The summed E-state index contributed by atoms with van der Waals surface area (Å²) in [5.41, 5.74) is 1.98. The second-order valence-corrected chi connectivity index (χ2v) is 7.29. The summed E-state index contributed by atoms with van der Waals surface area (Å²) in [6.45, 7) is 6.09. The topological polar surface area (TPSA) is 9.23 Å². The molecule has 1 aromatic rings. The average molecular weight is 365 g/mol. The predicted molar refractivity (Wildman–Crippen MR) is 106 cm³/mol. The summed E-state index contributed by atoms with van der Waals surface area (Å²) < 4.78 is 19.7. The van der Waals surface area contributed by atoms with Crippen LogP contribution >= 0.6 is 11.6 Å². The van der Waals surface area contributed by atoms with E-state index in [2.05, 4.69) is 19.6 Å². The Kier molecular flexibility index (Phi) is 8.54. The molecule has 25 heavy (non-hydrogen) atoms. The van der Waals surface area contributed by atoms with E-state index in [0.29, 0.717) is 0 Å². The Bertz CT molecular complexity index is 594. The molecule has 1 unspecified atom stereocenters. The van der Waals surface area contributed by atoms with E-state index in [1.165, 1.54) is 50.5 Å². The Hall–Kier alpha value is -1.28.